The zero-order valence-electron chi connectivity index (χ0n) is 12.0. The third-order valence-electron chi connectivity index (χ3n) is 5.09. The molecule has 0 radical (unpaired) electrons. The lowest BCUT2D eigenvalue weighted by Crippen LogP contribution is -2.49. The Morgan fingerprint density at radius 1 is 1.39 bits per heavy atom. The number of rotatable bonds is 2. The minimum atomic E-state index is -0.212. The van der Waals surface area contributed by atoms with Gasteiger partial charge in [0.2, 0.25) is 5.91 Å². The van der Waals surface area contributed by atoms with E-state index in [1.807, 2.05) is 4.90 Å². The van der Waals surface area contributed by atoms with Crippen LogP contribution in [0.5, 0.6) is 0 Å². The lowest BCUT2D eigenvalue weighted by Gasteiger charge is -2.39. The molecule has 0 aromatic heterocycles. The second kappa shape index (κ2) is 5.20. The number of aliphatic hydroxyl groups excluding tert-OH is 1. The van der Waals surface area contributed by atoms with Gasteiger partial charge in [0.15, 0.2) is 0 Å². The number of amides is 1. The highest BCUT2D eigenvalue weighted by atomic mass is 16.3. The molecule has 3 nitrogen and oxygen atoms in total. The van der Waals surface area contributed by atoms with Crippen molar-refractivity contribution >= 4 is 5.91 Å². The Labute approximate surface area is 111 Å². The van der Waals surface area contributed by atoms with Crippen molar-refractivity contribution in [2.24, 2.45) is 17.3 Å². The van der Waals surface area contributed by atoms with Crippen molar-refractivity contribution in [2.75, 3.05) is 13.1 Å². The topological polar surface area (TPSA) is 40.5 Å². The highest BCUT2D eigenvalue weighted by Crippen LogP contribution is 2.43. The fourth-order valence-electron chi connectivity index (χ4n) is 3.63. The first-order chi connectivity index (χ1) is 8.45. The monoisotopic (exact) mass is 253 g/mol. The first-order valence-corrected chi connectivity index (χ1v) is 7.42. The summed E-state index contributed by atoms with van der Waals surface area (Å²) in [5.74, 6) is 0.806. The first-order valence-electron chi connectivity index (χ1n) is 7.42. The predicted octanol–water partition coefficient (Wildman–Crippen LogP) is 2.43. The molecule has 104 valence electrons. The van der Waals surface area contributed by atoms with E-state index >= 15 is 0 Å². The van der Waals surface area contributed by atoms with Gasteiger partial charge in [-0.1, -0.05) is 27.2 Å². The van der Waals surface area contributed by atoms with Crippen LogP contribution in [-0.4, -0.2) is 35.1 Å². The quantitative estimate of drug-likeness (QED) is 0.821. The number of nitrogens with zero attached hydrogens (tertiary/aromatic N) is 1. The van der Waals surface area contributed by atoms with E-state index in [-0.39, 0.29) is 23.4 Å². The van der Waals surface area contributed by atoms with Crippen LogP contribution < -0.4 is 0 Å². The van der Waals surface area contributed by atoms with Crippen LogP contribution in [0, 0.1) is 17.3 Å². The van der Waals surface area contributed by atoms with Crippen molar-refractivity contribution in [1.29, 1.82) is 0 Å². The maximum Gasteiger partial charge on any atom is 0.226 e. The van der Waals surface area contributed by atoms with E-state index in [1.165, 1.54) is 6.42 Å². The van der Waals surface area contributed by atoms with E-state index < -0.39 is 0 Å². The van der Waals surface area contributed by atoms with Crippen molar-refractivity contribution in [3.05, 3.63) is 0 Å². The van der Waals surface area contributed by atoms with E-state index in [9.17, 15) is 9.90 Å². The fourth-order valence-corrected chi connectivity index (χ4v) is 3.63. The number of hydrogen-bond acceptors (Lipinski definition) is 2. The van der Waals surface area contributed by atoms with Crippen LogP contribution in [0.3, 0.4) is 0 Å². The minimum absolute atomic E-state index is 0.162. The number of hydrogen-bond donors (Lipinski definition) is 1. The molecule has 2 aliphatic rings. The molecule has 1 heterocycles. The van der Waals surface area contributed by atoms with Gasteiger partial charge in [0.1, 0.15) is 0 Å². The SMILES string of the molecule is CCC1CN(C(=O)C2CCCC2(C)C)CCC1O. The third kappa shape index (κ3) is 2.56. The largest absolute Gasteiger partial charge is 0.393 e. The number of carbonyl (C=O) groups is 1. The maximum absolute atomic E-state index is 12.6. The smallest absolute Gasteiger partial charge is 0.226 e. The van der Waals surface area contributed by atoms with Gasteiger partial charge in [-0.2, -0.15) is 0 Å². The molecule has 3 unspecified atom stereocenters. The van der Waals surface area contributed by atoms with Gasteiger partial charge in [0, 0.05) is 24.9 Å². The molecule has 0 aromatic carbocycles. The van der Waals surface area contributed by atoms with Crippen LogP contribution in [0.1, 0.15) is 52.9 Å². The second-order valence-corrected chi connectivity index (χ2v) is 6.74. The number of aliphatic hydroxyl groups is 1. The van der Waals surface area contributed by atoms with E-state index in [0.29, 0.717) is 5.91 Å². The lowest BCUT2D eigenvalue weighted by atomic mass is 9.80. The van der Waals surface area contributed by atoms with Gasteiger partial charge in [0.05, 0.1) is 6.10 Å². The standard InChI is InChI=1S/C15H27NO2/c1-4-11-10-16(9-7-13(11)17)14(18)12-6-5-8-15(12,2)3/h11-13,17H,4-10H2,1-3H3. The maximum atomic E-state index is 12.6. The Kier molecular flexibility index (Phi) is 4.00. The molecule has 0 aromatic rings. The summed E-state index contributed by atoms with van der Waals surface area (Å²) >= 11 is 0. The summed E-state index contributed by atoms with van der Waals surface area (Å²) in [5.41, 5.74) is 0.162. The van der Waals surface area contributed by atoms with Gasteiger partial charge in [-0.3, -0.25) is 4.79 Å². The molecule has 2 rings (SSSR count). The van der Waals surface area contributed by atoms with Crippen molar-refractivity contribution < 1.29 is 9.90 Å². The fraction of sp³-hybridized carbons (Fsp3) is 0.933. The summed E-state index contributed by atoms with van der Waals surface area (Å²) in [6, 6.07) is 0. The van der Waals surface area contributed by atoms with Gasteiger partial charge in [-0.25, -0.2) is 0 Å². The van der Waals surface area contributed by atoms with Crippen LogP contribution in [0.15, 0.2) is 0 Å². The Balaban J connectivity index is 2.01. The molecule has 0 spiro atoms. The van der Waals surface area contributed by atoms with Crippen LogP contribution >= 0.6 is 0 Å². The molecule has 1 saturated heterocycles. The zero-order valence-corrected chi connectivity index (χ0v) is 12.0. The van der Waals surface area contributed by atoms with Gasteiger partial charge in [-0.15, -0.1) is 0 Å². The van der Waals surface area contributed by atoms with Crippen LogP contribution in [0.4, 0.5) is 0 Å². The summed E-state index contributed by atoms with van der Waals surface area (Å²) in [6.45, 7) is 8.03. The lowest BCUT2D eigenvalue weighted by molar-refractivity contribution is -0.142. The molecule has 18 heavy (non-hydrogen) atoms. The molecular formula is C15H27NO2. The molecule has 1 amide bonds. The number of piperidine rings is 1. The van der Waals surface area contributed by atoms with Crippen molar-refractivity contribution in [1.82, 2.24) is 4.90 Å². The predicted molar refractivity (Wildman–Crippen MR) is 72.1 cm³/mol. The van der Waals surface area contributed by atoms with Gasteiger partial charge < -0.3 is 10.0 Å². The molecule has 1 saturated carbocycles. The average Bonchev–Trinajstić information content (AvgIpc) is 2.68. The summed E-state index contributed by atoms with van der Waals surface area (Å²) in [4.78, 5) is 14.6. The Hall–Kier alpha value is -0.570. The van der Waals surface area contributed by atoms with E-state index in [0.717, 1.165) is 38.8 Å². The molecule has 2 fully saturated rings. The van der Waals surface area contributed by atoms with Crippen molar-refractivity contribution in [2.45, 2.75) is 59.0 Å². The molecule has 1 N–H and O–H groups in total. The van der Waals surface area contributed by atoms with Crippen molar-refractivity contribution in [3.63, 3.8) is 0 Å². The minimum Gasteiger partial charge on any atom is -0.393 e. The highest BCUT2D eigenvalue weighted by Gasteiger charge is 2.42. The van der Waals surface area contributed by atoms with E-state index in [4.69, 9.17) is 0 Å². The molecule has 1 aliphatic heterocycles. The number of carbonyl (C=O) groups excluding carboxylic acids is 1. The summed E-state index contributed by atoms with van der Waals surface area (Å²) in [7, 11) is 0. The summed E-state index contributed by atoms with van der Waals surface area (Å²) in [6.07, 6.45) is 4.88. The van der Waals surface area contributed by atoms with Gasteiger partial charge in [0.25, 0.3) is 0 Å². The Morgan fingerprint density at radius 2 is 2.11 bits per heavy atom. The second-order valence-electron chi connectivity index (χ2n) is 6.74. The van der Waals surface area contributed by atoms with E-state index in [2.05, 4.69) is 20.8 Å². The highest BCUT2D eigenvalue weighted by molar-refractivity contribution is 5.80. The van der Waals surface area contributed by atoms with Crippen molar-refractivity contribution in [3.8, 4) is 0 Å². The average molecular weight is 253 g/mol. The van der Waals surface area contributed by atoms with Crippen LogP contribution in [0.25, 0.3) is 0 Å². The molecule has 0 bridgehead atoms. The normalized spacial score (nSPS) is 35.8. The zero-order chi connectivity index (χ0) is 13.3. The summed E-state index contributed by atoms with van der Waals surface area (Å²) < 4.78 is 0. The number of likely N-dealkylation sites (tertiary alicyclic amines) is 1. The van der Waals surface area contributed by atoms with Crippen LogP contribution in [0.2, 0.25) is 0 Å². The molecular weight excluding hydrogens is 226 g/mol. The van der Waals surface area contributed by atoms with Crippen LogP contribution in [-0.2, 0) is 4.79 Å². The Bertz CT molecular complexity index is 314. The molecule has 1 aliphatic carbocycles. The Morgan fingerprint density at radius 3 is 2.67 bits per heavy atom. The van der Waals surface area contributed by atoms with Gasteiger partial charge in [-0.05, 0) is 31.1 Å². The van der Waals surface area contributed by atoms with E-state index in [1.54, 1.807) is 0 Å². The third-order valence-corrected chi connectivity index (χ3v) is 5.09. The molecule has 3 heteroatoms. The molecule has 3 atom stereocenters. The summed E-state index contributed by atoms with van der Waals surface area (Å²) in [5, 5.41) is 9.90. The first kappa shape index (κ1) is 13.9. The van der Waals surface area contributed by atoms with Gasteiger partial charge >= 0.3 is 0 Å².